The van der Waals surface area contributed by atoms with E-state index in [0.717, 1.165) is 77.8 Å². The lowest BCUT2D eigenvalue weighted by atomic mass is 9.98. The van der Waals surface area contributed by atoms with Gasteiger partial charge in [-0.2, -0.15) is 0 Å². The molecule has 1 saturated carbocycles. The number of sulfonamides is 1. The number of nitrogens with zero attached hydrogens (tertiary/aromatic N) is 2. The lowest BCUT2D eigenvalue weighted by Crippen LogP contribution is -2.30. The van der Waals surface area contributed by atoms with Crippen molar-refractivity contribution in [3.05, 3.63) is 100 Å². The maximum absolute atomic E-state index is 14.9. The fraction of sp³-hybridized carbons (Fsp3) is 0.364. The Balaban J connectivity index is 1.06. The molecule has 0 spiro atoms. The molecule has 2 heterocycles. The Morgan fingerprint density at radius 3 is 2.63 bits per heavy atom. The number of nitrogens with one attached hydrogen (secondary N) is 1. The molecule has 1 aromatic heterocycles. The first-order valence-electron chi connectivity index (χ1n) is 14.6. The molecule has 1 fully saturated rings. The zero-order chi connectivity index (χ0) is 28.2. The van der Waals surface area contributed by atoms with E-state index in [1.54, 1.807) is 29.5 Å². The highest BCUT2D eigenvalue weighted by molar-refractivity contribution is 7.92. The van der Waals surface area contributed by atoms with Crippen LogP contribution in [0, 0.1) is 11.7 Å². The van der Waals surface area contributed by atoms with E-state index in [0.29, 0.717) is 0 Å². The second-order valence-electron chi connectivity index (χ2n) is 11.4. The van der Waals surface area contributed by atoms with E-state index in [9.17, 15) is 12.8 Å². The highest BCUT2D eigenvalue weighted by Crippen LogP contribution is 2.30. The van der Waals surface area contributed by atoms with Crippen LogP contribution in [0.3, 0.4) is 0 Å². The van der Waals surface area contributed by atoms with E-state index in [4.69, 9.17) is 4.98 Å². The molecular formula is C33H36FN3O2S2. The average Bonchev–Trinajstić information content (AvgIpc) is 3.67. The number of rotatable bonds is 10. The number of aromatic nitrogens is 1. The molecular weight excluding hydrogens is 554 g/mol. The predicted octanol–water partition coefficient (Wildman–Crippen LogP) is 7.82. The van der Waals surface area contributed by atoms with Crippen LogP contribution in [0.5, 0.6) is 0 Å². The second-order valence-corrected chi connectivity index (χ2v) is 13.9. The topological polar surface area (TPSA) is 62.3 Å². The van der Waals surface area contributed by atoms with Crippen LogP contribution >= 0.6 is 11.3 Å². The summed E-state index contributed by atoms with van der Waals surface area (Å²) in [6.45, 7) is 2.30. The van der Waals surface area contributed by atoms with Gasteiger partial charge >= 0.3 is 0 Å². The lowest BCUT2D eigenvalue weighted by Gasteiger charge is -2.28. The van der Waals surface area contributed by atoms with E-state index in [1.165, 1.54) is 38.2 Å². The van der Waals surface area contributed by atoms with Gasteiger partial charge in [-0.25, -0.2) is 17.8 Å². The predicted molar refractivity (Wildman–Crippen MR) is 164 cm³/mol. The molecule has 0 atom stereocenters. The minimum absolute atomic E-state index is 0.00780. The SMILES string of the molecule is O=S(=O)(Nc1ccc(CCCC2CCCC2)cc1F)c1ccc2c(c1)CCN(Cc1csc(-c3ccccc3)n1)C2. The maximum Gasteiger partial charge on any atom is 0.261 e. The van der Waals surface area contributed by atoms with Gasteiger partial charge in [0.15, 0.2) is 0 Å². The van der Waals surface area contributed by atoms with Gasteiger partial charge in [-0.1, -0.05) is 74.6 Å². The number of benzene rings is 3. The van der Waals surface area contributed by atoms with Crippen LogP contribution in [0.25, 0.3) is 10.6 Å². The molecule has 2 aliphatic rings. The number of hydrogen-bond acceptors (Lipinski definition) is 5. The summed E-state index contributed by atoms with van der Waals surface area (Å²) in [6, 6.07) is 20.3. The molecule has 0 radical (unpaired) electrons. The van der Waals surface area contributed by atoms with Gasteiger partial charge in [0.05, 0.1) is 16.3 Å². The number of hydrogen-bond donors (Lipinski definition) is 1. The summed E-state index contributed by atoms with van der Waals surface area (Å²) in [5.74, 6) is 0.287. The van der Waals surface area contributed by atoms with Gasteiger partial charge in [0, 0.05) is 30.6 Å². The largest absolute Gasteiger partial charge is 0.293 e. The van der Waals surface area contributed by atoms with Crippen molar-refractivity contribution in [2.75, 3.05) is 11.3 Å². The van der Waals surface area contributed by atoms with Crippen LogP contribution in [-0.2, 0) is 36.0 Å². The van der Waals surface area contributed by atoms with Crippen LogP contribution in [0.15, 0.2) is 77.0 Å². The first kappa shape index (κ1) is 28.1. The standard InChI is InChI=1S/C33H36FN3O2S2/c34-31-19-25(10-6-9-24-7-4-5-8-24)13-16-32(31)36-41(38,39)30-15-14-28-21-37(18-17-27(28)20-30)22-29-23-40-33(35-29)26-11-2-1-3-12-26/h1-3,11-16,19-20,23-24,36H,4-10,17-18,21-22H2. The Kier molecular flexibility index (Phi) is 8.51. The Labute approximate surface area is 246 Å². The Morgan fingerprint density at radius 1 is 1.00 bits per heavy atom. The molecule has 214 valence electrons. The summed E-state index contributed by atoms with van der Waals surface area (Å²) in [6.07, 6.45) is 9.10. The van der Waals surface area contributed by atoms with E-state index in [-0.39, 0.29) is 10.6 Å². The first-order valence-corrected chi connectivity index (χ1v) is 16.9. The van der Waals surface area contributed by atoms with Crippen LogP contribution < -0.4 is 4.72 Å². The third kappa shape index (κ3) is 6.88. The van der Waals surface area contributed by atoms with Crippen molar-refractivity contribution in [2.24, 2.45) is 5.92 Å². The number of halogens is 1. The normalized spacial score (nSPS) is 16.1. The molecule has 3 aromatic carbocycles. The molecule has 1 aliphatic carbocycles. The minimum Gasteiger partial charge on any atom is -0.293 e. The number of thiazole rings is 1. The molecule has 41 heavy (non-hydrogen) atoms. The minimum atomic E-state index is -3.91. The summed E-state index contributed by atoms with van der Waals surface area (Å²) in [5.41, 5.74) is 5.21. The van der Waals surface area contributed by atoms with Crippen LogP contribution in [-0.4, -0.2) is 24.8 Å². The van der Waals surface area contributed by atoms with Gasteiger partial charge in [-0.15, -0.1) is 11.3 Å². The van der Waals surface area contributed by atoms with Gasteiger partial charge in [-0.05, 0) is 66.1 Å². The monoisotopic (exact) mass is 589 g/mol. The highest BCUT2D eigenvalue weighted by atomic mass is 32.2. The molecule has 8 heteroatoms. The fourth-order valence-electron chi connectivity index (χ4n) is 6.11. The number of aryl methyl sites for hydroxylation is 1. The van der Waals surface area contributed by atoms with Crippen molar-refractivity contribution >= 4 is 27.0 Å². The third-order valence-corrected chi connectivity index (χ3v) is 10.7. The van der Waals surface area contributed by atoms with Gasteiger partial charge in [-0.3, -0.25) is 9.62 Å². The zero-order valence-electron chi connectivity index (χ0n) is 23.2. The number of anilines is 1. The molecule has 1 aliphatic heterocycles. The molecule has 1 N–H and O–H groups in total. The summed E-state index contributed by atoms with van der Waals surface area (Å²) >= 11 is 1.65. The Morgan fingerprint density at radius 2 is 1.83 bits per heavy atom. The summed E-state index contributed by atoms with van der Waals surface area (Å²) in [7, 11) is -3.91. The van der Waals surface area contributed by atoms with Crippen molar-refractivity contribution in [3.8, 4) is 10.6 Å². The van der Waals surface area contributed by atoms with Crippen molar-refractivity contribution < 1.29 is 12.8 Å². The molecule has 0 saturated heterocycles. The summed E-state index contributed by atoms with van der Waals surface area (Å²) in [4.78, 5) is 7.32. The smallest absolute Gasteiger partial charge is 0.261 e. The van der Waals surface area contributed by atoms with Gasteiger partial charge < -0.3 is 0 Å². The van der Waals surface area contributed by atoms with Crippen LogP contribution in [0.2, 0.25) is 0 Å². The molecule has 4 aromatic rings. The van der Waals surface area contributed by atoms with Crippen molar-refractivity contribution in [3.63, 3.8) is 0 Å². The molecule has 0 unspecified atom stereocenters. The van der Waals surface area contributed by atoms with E-state index in [1.807, 2.05) is 30.3 Å². The van der Waals surface area contributed by atoms with Gasteiger partial charge in [0.2, 0.25) is 0 Å². The van der Waals surface area contributed by atoms with Crippen LogP contribution in [0.1, 0.15) is 60.9 Å². The van der Waals surface area contributed by atoms with Gasteiger partial charge in [0.1, 0.15) is 10.8 Å². The third-order valence-electron chi connectivity index (χ3n) is 8.37. The Bertz CT molecular complexity index is 1600. The van der Waals surface area contributed by atoms with E-state index >= 15 is 0 Å². The van der Waals surface area contributed by atoms with Crippen molar-refractivity contribution in [1.29, 1.82) is 0 Å². The van der Waals surface area contributed by atoms with E-state index in [2.05, 4.69) is 27.1 Å². The van der Waals surface area contributed by atoms with Gasteiger partial charge in [0.25, 0.3) is 10.0 Å². The lowest BCUT2D eigenvalue weighted by molar-refractivity contribution is 0.243. The maximum atomic E-state index is 14.9. The zero-order valence-corrected chi connectivity index (χ0v) is 24.8. The van der Waals surface area contributed by atoms with Crippen molar-refractivity contribution in [1.82, 2.24) is 9.88 Å². The number of fused-ring (bicyclic) bond motifs is 1. The molecule has 6 rings (SSSR count). The van der Waals surface area contributed by atoms with Crippen LogP contribution in [0.4, 0.5) is 10.1 Å². The Hall–Kier alpha value is -3.07. The molecule has 0 bridgehead atoms. The summed E-state index contributed by atoms with van der Waals surface area (Å²) in [5, 5.41) is 3.13. The molecule has 0 amide bonds. The van der Waals surface area contributed by atoms with E-state index < -0.39 is 15.8 Å². The highest BCUT2D eigenvalue weighted by Gasteiger charge is 2.22. The first-order chi connectivity index (χ1) is 19.9. The average molecular weight is 590 g/mol. The fourth-order valence-corrected chi connectivity index (χ4v) is 8.04. The summed E-state index contributed by atoms with van der Waals surface area (Å²) < 4.78 is 43.7. The molecule has 5 nitrogen and oxygen atoms in total. The quantitative estimate of drug-likeness (QED) is 0.205. The van der Waals surface area contributed by atoms with Crippen molar-refractivity contribution in [2.45, 2.75) is 69.4 Å². The second kappa shape index (κ2) is 12.4.